The second-order valence-electron chi connectivity index (χ2n) is 8.12. The van der Waals surface area contributed by atoms with E-state index in [9.17, 15) is 4.79 Å². The van der Waals surface area contributed by atoms with Gasteiger partial charge in [-0.3, -0.25) is 0 Å². The number of anilines is 2. The fourth-order valence-corrected chi connectivity index (χ4v) is 5.44. The van der Waals surface area contributed by atoms with Crippen LogP contribution in [0.4, 0.5) is 11.5 Å². The Labute approximate surface area is 199 Å². The molecule has 0 amide bonds. The number of halogens is 1. The van der Waals surface area contributed by atoms with Crippen LogP contribution in [0.1, 0.15) is 48.0 Å². The number of carbonyl (C=O) groups excluding carboxylic acids is 1. The third-order valence-corrected chi connectivity index (χ3v) is 7.17. The van der Waals surface area contributed by atoms with E-state index in [0.717, 1.165) is 60.1 Å². The van der Waals surface area contributed by atoms with Crippen LogP contribution >= 0.6 is 23.7 Å². The summed E-state index contributed by atoms with van der Waals surface area (Å²) in [5.74, 6) is 1.28. The number of nitrogens with one attached hydrogen (secondary N) is 1. The molecule has 172 valence electrons. The molecule has 0 radical (unpaired) electrons. The highest BCUT2D eigenvalue weighted by molar-refractivity contribution is 7.19. The molecule has 1 aliphatic rings. The molecular formula is C24H31ClN4O2S. The van der Waals surface area contributed by atoms with Gasteiger partial charge in [0.15, 0.2) is 0 Å². The highest BCUT2D eigenvalue weighted by Gasteiger charge is 2.23. The van der Waals surface area contributed by atoms with Crippen LogP contribution in [0.25, 0.3) is 10.2 Å². The Hall–Kier alpha value is -2.22. The van der Waals surface area contributed by atoms with E-state index in [2.05, 4.69) is 41.0 Å². The number of thiophene rings is 1. The predicted molar refractivity (Wildman–Crippen MR) is 134 cm³/mol. The van der Waals surface area contributed by atoms with E-state index in [1.807, 2.05) is 12.1 Å². The molecule has 1 aromatic carbocycles. The third kappa shape index (κ3) is 5.39. The zero-order valence-electron chi connectivity index (χ0n) is 18.9. The van der Waals surface area contributed by atoms with Crippen molar-refractivity contribution in [2.45, 2.75) is 40.0 Å². The van der Waals surface area contributed by atoms with E-state index in [0.29, 0.717) is 12.2 Å². The SMILES string of the molecule is CCN(CC)CCOC(=O)c1ccc(Nc2ncnc3sc4c(c23)CCC(C)C4)cc1.Cl. The number of aryl methyl sites for hydroxylation is 1. The van der Waals surface area contributed by atoms with Crippen molar-refractivity contribution in [3.8, 4) is 0 Å². The number of hydrogen-bond donors (Lipinski definition) is 1. The molecule has 1 aliphatic carbocycles. The van der Waals surface area contributed by atoms with Gasteiger partial charge >= 0.3 is 5.97 Å². The normalized spacial score (nSPS) is 15.3. The first-order valence-corrected chi connectivity index (χ1v) is 11.9. The van der Waals surface area contributed by atoms with Crippen LogP contribution < -0.4 is 5.32 Å². The summed E-state index contributed by atoms with van der Waals surface area (Å²) in [5.41, 5.74) is 2.85. The maximum Gasteiger partial charge on any atom is 0.338 e. The maximum atomic E-state index is 12.3. The largest absolute Gasteiger partial charge is 0.461 e. The van der Waals surface area contributed by atoms with Crippen molar-refractivity contribution in [3.05, 3.63) is 46.6 Å². The summed E-state index contributed by atoms with van der Waals surface area (Å²) in [7, 11) is 0. The molecule has 0 spiro atoms. The molecule has 0 bridgehead atoms. The Kier molecular flexibility index (Phi) is 8.45. The fourth-order valence-electron chi connectivity index (χ4n) is 4.09. The van der Waals surface area contributed by atoms with Crippen LogP contribution in [0.3, 0.4) is 0 Å². The van der Waals surface area contributed by atoms with Crippen LogP contribution in [-0.2, 0) is 17.6 Å². The van der Waals surface area contributed by atoms with Gasteiger partial charge in [-0.25, -0.2) is 14.8 Å². The van der Waals surface area contributed by atoms with Gasteiger partial charge in [0.05, 0.1) is 10.9 Å². The van der Waals surface area contributed by atoms with Gasteiger partial charge in [0.2, 0.25) is 0 Å². The van der Waals surface area contributed by atoms with Crippen molar-refractivity contribution in [1.29, 1.82) is 0 Å². The summed E-state index contributed by atoms with van der Waals surface area (Å²) in [4.78, 5) is 26.1. The van der Waals surface area contributed by atoms with Gasteiger partial charge in [-0.15, -0.1) is 23.7 Å². The van der Waals surface area contributed by atoms with Crippen LogP contribution in [0, 0.1) is 5.92 Å². The molecule has 0 aliphatic heterocycles. The van der Waals surface area contributed by atoms with E-state index in [1.165, 1.54) is 16.9 Å². The topological polar surface area (TPSA) is 67.3 Å². The van der Waals surface area contributed by atoms with Crippen molar-refractivity contribution in [2.24, 2.45) is 5.92 Å². The average molecular weight is 475 g/mol. The zero-order valence-corrected chi connectivity index (χ0v) is 20.5. The van der Waals surface area contributed by atoms with Crippen LogP contribution in [0.5, 0.6) is 0 Å². The highest BCUT2D eigenvalue weighted by Crippen LogP contribution is 2.40. The van der Waals surface area contributed by atoms with Gasteiger partial charge in [0, 0.05) is 17.1 Å². The lowest BCUT2D eigenvalue weighted by atomic mass is 9.89. The predicted octanol–water partition coefficient (Wildman–Crippen LogP) is 5.48. The Morgan fingerprint density at radius 3 is 2.69 bits per heavy atom. The maximum absolute atomic E-state index is 12.3. The summed E-state index contributed by atoms with van der Waals surface area (Å²) in [6.07, 6.45) is 5.04. The first-order chi connectivity index (χ1) is 15.1. The van der Waals surface area contributed by atoms with E-state index in [-0.39, 0.29) is 18.4 Å². The van der Waals surface area contributed by atoms with Gasteiger partial charge in [-0.1, -0.05) is 20.8 Å². The molecule has 6 nitrogen and oxygen atoms in total. The van der Waals surface area contributed by atoms with Crippen molar-refractivity contribution in [1.82, 2.24) is 14.9 Å². The van der Waals surface area contributed by atoms with Crippen LogP contribution in [-0.4, -0.2) is 47.1 Å². The summed E-state index contributed by atoms with van der Waals surface area (Å²) in [6.45, 7) is 9.60. The van der Waals surface area contributed by atoms with Gasteiger partial charge in [0.25, 0.3) is 0 Å². The number of nitrogens with zero attached hydrogens (tertiary/aromatic N) is 3. The number of likely N-dealkylation sites (N-methyl/N-ethyl adjacent to an activating group) is 1. The summed E-state index contributed by atoms with van der Waals surface area (Å²) in [5, 5.41) is 4.58. The van der Waals surface area contributed by atoms with Gasteiger partial charge in [-0.05, 0) is 68.1 Å². The molecule has 0 saturated heterocycles. The smallest absolute Gasteiger partial charge is 0.338 e. The van der Waals surface area contributed by atoms with Gasteiger partial charge < -0.3 is 15.0 Å². The van der Waals surface area contributed by atoms with E-state index < -0.39 is 0 Å². The third-order valence-electron chi connectivity index (χ3n) is 6.01. The lowest BCUT2D eigenvalue weighted by molar-refractivity contribution is 0.0466. The van der Waals surface area contributed by atoms with Gasteiger partial charge in [-0.2, -0.15) is 0 Å². The number of ether oxygens (including phenoxy) is 1. The Morgan fingerprint density at radius 1 is 1.22 bits per heavy atom. The quantitative estimate of drug-likeness (QED) is 0.436. The Bertz CT molecular complexity index is 1050. The van der Waals surface area contributed by atoms with E-state index in [1.54, 1.807) is 29.8 Å². The number of benzene rings is 1. The monoisotopic (exact) mass is 474 g/mol. The van der Waals surface area contributed by atoms with E-state index >= 15 is 0 Å². The fraction of sp³-hybridized carbons (Fsp3) is 0.458. The standard InChI is InChI=1S/C24H30N4O2S.ClH/c1-4-28(5-2)12-13-30-24(29)17-7-9-18(10-8-17)27-22-21-19-11-6-16(3)14-20(19)31-23(21)26-15-25-22;/h7-10,15-16H,4-6,11-14H2,1-3H3,(H,25,26,27);1H. The molecule has 0 saturated carbocycles. The molecule has 1 unspecified atom stereocenters. The summed E-state index contributed by atoms with van der Waals surface area (Å²) >= 11 is 1.79. The molecule has 1 atom stereocenters. The molecule has 0 fully saturated rings. The molecule has 32 heavy (non-hydrogen) atoms. The first kappa shape index (κ1) is 24.4. The molecular weight excluding hydrogens is 444 g/mol. The van der Waals surface area contributed by atoms with Crippen molar-refractivity contribution in [2.75, 3.05) is 31.6 Å². The molecule has 2 heterocycles. The lowest BCUT2D eigenvalue weighted by Gasteiger charge is -2.18. The highest BCUT2D eigenvalue weighted by atomic mass is 35.5. The number of fused-ring (bicyclic) bond motifs is 3. The first-order valence-electron chi connectivity index (χ1n) is 11.1. The molecule has 3 aromatic rings. The molecule has 2 aromatic heterocycles. The minimum Gasteiger partial charge on any atom is -0.461 e. The number of esters is 1. The number of aromatic nitrogens is 2. The van der Waals surface area contributed by atoms with Crippen LogP contribution in [0.15, 0.2) is 30.6 Å². The number of hydrogen-bond acceptors (Lipinski definition) is 7. The average Bonchev–Trinajstić information content (AvgIpc) is 3.15. The van der Waals surface area contributed by atoms with E-state index in [4.69, 9.17) is 4.74 Å². The number of carbonyl (C=O) groups is 1. The van der Waals surface area contributed by atoms with Gasteiger partial charge in [0.1, 0.15) is 23.6 Å². The second kappa shape index (κ2) is 11.1. The second-order valence-corrected chi connectivity index (χ2v) is 9.20. The van der Waals surface area contributed by atoms with Crippen molar-refractivity contribution >= 4 is 51.4 Å². The molecule has 4 rings (SSSR count). The minimum absolute atomic E-state index is 0. The molecule has 1 N–H and O–H groups in total. The molecule has 8 heteroatoms. The number of rotatable bonds is 8. The Balaban J connectivity index is 0.00000289. The van der Waals surface area contributed by atoms with Crippen LogP contribution in [0.2, 0.25) is 0 Å². The van der Waals surface area contributed by atoms with Crippen molar-refractivity contribution in [3.63, 3.8) is 0 Å². The minimum atomic E-state index is -0.288. The zero-order chi connectivity index (χ0) is 21.8. The summed E-state index contributed by atoms with van der Waals surface area (Å²) < 4.78 is 5.42. The Morgan fingerprint density at radius 2 is 1.97 bits per heavy atom. The van der Waals surface area contributed by atoms with Crippen molar-refractivity contribution < 1.29 is 9.53 Å². The summed E-state index contributed by atoms with van der Waals surface area (Å²) in [6, 6.07) is 7.39. The lowest BCUT2D eigenvalue weighted by Crippen LogP contribution is -2.27.